The highest BCUT2D eigenvalue weighted by atomic mass is 79.9. The Bertz CT molecular complexity index is 896. The van der Waals surface area contributed by atoms with Crippen LogP contribution in [0.4, 0.5) is 0 Å². The van der Waals surface area contributed by atoms with Crippen molar-refractivity contribution in [2.45, 2.75) is 20.1 Å². The fourth-order valence-corrected chi connectivity index (χ4v) is 2.85. The Kier molecular flexibility index (Phi) is 7.50. The van der Waals surface area contributed by atoms with Crippen LogP contribution in [0.1, 0.15) is 23.6 Å². The summed E-state index contributed by atoms with van der Waals surface area (Å²) in [6.45, 7) is 3.70. The maximum atomic E-state index is 5.95. The van der Waals surface area contributed by atoms with Crippen LogP contribution >= 0.6 is 15.9 Å². The zero-order valence-corrected chi connectivity index (χ0v) is 17.4. The van der Waals surface area contributed by atoms with Crippen molar-refractivity contribution >= 4 is 22.1 Å². The van der Waals surface area contributed by atoms with Crippen LogP contribution in [0.5, 0.6) is 11.5 Å². The summed E-state index contributed by atoms with van der Waals surface area (Å²) < 4.78 is 12.8. The van der Waals surface area contributed by atoms with Crippen molar-refractivity contribution in [1.82, 2.24) is 5.43 Å². The number of benzene rings is 3. The SMILES string of the molecule is CCOc1cc(C=NNCc2ccccc2)ccc1OCc1ccc(Br)cc1. The van der Waals surface area contributed by atoms with Crippen molar-refractivity contribution in [3.63, 3.8) is 0 Å². The molecule has 0 aliphatic heterocycles. The summed E-state index contributed by atoms with van der Waals surface area (Å²) >= 11 is 3.44. The molecule has 0 aliphatic rings. The Morgan fingerprint density at radius 2 is 1.68 bits per heavy atom. The first-order valence-corrected chi connectivity index (χ1v) is 9.98. The first-order chi connectivity index (χ1) is 13.7. The molecule has 0 radical (unpaired) electrons. The summed E-state index contributed by atoms with van der Waals surface area (Å²) in [7, 11) is 0. The standard InChI is InChI=1S/C23H23BrN2O2/c1-2-27-23-14-20(16-26-25-15-18-6-4-3-5-7-18)10-13-22(23)28-17-19-8-11-21(24)12-9-19/h3-14,16,25H,2,15,17H2,1H3. The van der Waals surface area contributed by atoms with E-state index in [2.05, 4.69) is 38.6 Å². The van der Waals surface area contributed by atoms with Crippen molar-refractivity contribution in [2.24, 2.45) is 5.10 Å². The van der Waals surface area contributed by atoms with Crippen LogP contribution in [0.3, 0.4) is 0 Å². The number of nitrogens with one attached hydrogen (secondary N) is 1. The molecule has 0 aromatic heterocycles. The van der Waals surface area contributed by atoms with Gasteiger partial charge in [-0.1, -0.05) is 58.4 Å². The molecule has 144 valence electrons. The predicted molar refractivity (Wildman–Crippen MR) is 117 cm³/mol. The summed E-state index contributed by atoms with van der Waals surface area (Å²) in [4.78, 5) is 0. The summed E-state index contributed by atoms with van der Waals surface area (Å²) in [5.41, 5.74) is 6.29. The molecule has 0 bridgehead atoms. The monoisotopic (exact) mass is 438 g/mol. The predicted octanol–water partition coefficient (Wildman–Crippen LogP) is 5.55. The Hall–Kier alpha value is -2.79. The molecule has 0 aliphatic carbocycles. The molecule has 0 amide bonds. The van der Waals surface area contributed by atoms with Gasteiger partial charge in [-0.15, -0.1) is 0 Å². The second-order valence-electron chi connectivity index (χ2n) is 6.13. The van der Waals surface area contributed by atoms with Gasteiger partial charge >= 0.3 is 0 Å². The van der Waals surface area contributed by atoms with Gasteiger partial charge in [0.15, 0.2) is 11.5 Å². The normalized spacial score (nSPS) is 10.8. The Labute approximate surface area is 174 Å². The third kappa shape index (κ3) is 6.13. The highest BCUT2D eigenvalue weighted by Crippen LogP contribution is 2.29. The second kappa shape index (κ2) is 10.5. The zero-order valence-electron chi connectivity index (χ0n) is 15.8. The van der Waals surface area contributed by atoms with Crippen LogP contribution in [0.25, 0.3) is 0 Å². The van der Waals surface area contributed by atoms with E-state index < -0.39 is 0 Å². The minimum Gasteiger partial charge on any atom is -0.490 e. The number of hydrogen-bond donors (Lipinski definition) is 1. The van der Waals surface area contributed by atoms with Crippen molar-refractivity contribution in [2.75, 3.05) is 6.61 Å². The van der Waals surface area contributed by atoms with Crippen molar-refractivity contribution in [3.05, 3.63) is 94.0 Å². The summed E-state index contributed by atoms with van der Waals surface area (Å²) in [5, 5.41) is 4.29. The van der Waals surface area contributed by atoms with E-state index in [0.29, 0.717) is 25.5 Å². The highest BCUT2D eigenvalue weighted by Gasteiger charge is 2.06. The molecule has 5 heteroatoms. The number of ether oxygens (including phenoxy) is 2. The molecule has 0 spiro atoms. The second-order valence-corrected chi connectivity index (χ2v) is 7.05. The fourth-order valence-electron chi connectivity index (χ4n) is 2.59. The molecule has 1 N–H and O–H groups in total. The summed E-state index contributed by atoms with van der Waals surface area (Å²) in [6.07, 6.45) is 1.78. The van der Waals surface area contributed by atoms with Gasteiger partial charge < -0.3 is 14.9 Å². The average Bonchev–Trinajstić information content (AvgIpc) is 2.73. The number of rotatable bonds is 9. The van der Waals surface area contributed by atoms with Gasteiger partial charge in [0.05, 0.1) is 19.4 Å². The van der Waals surface area contributed by atoms with Gasteiger partial charge in [-0.3, -0.25) is 0 Å². The van der Waals surface area contributed by atoms with Crippen LogP contribution in [0.15, 0.2) is 82.4 Å². The Morgan fingerprint density at radius 1 is 0.893 bits per heavy atom. The van der Waals surface area contributed by atoms with Crippen LogP contribution in [-0.4, -0.2) is 12.8 Å². The maximum Gasteiger partial charge on any atom is 0.161 e. The zero-order chi connectivity index (χ0) is 19.6. The molecule has 0 saturated heterocycles. The van der Waals surface area contributed by atoms with E-state index in [1.54, 1.807) is 6.21 Å². The lowest BCUT2D eigenvalue weighted by molar-refractivity contribution is 0.269. The van der Waals surface area contributed by atoms with Gasteiger partial charge in [0.2, 0.25) is 0 Å². The maximum absolute atomic E-state index is 5.95. The number of hydrazone groups is 1. The van der Waals surface area contributed by atoms with Crippen LogP contribution < -0.4 is 14.9 Å². The van der Waals surface area contributed by atoms with Crippen molar-refractivity contribution in [3.8, 4) is 11.5 Å². The molecule has 3 aromatic carbocycles. The summed E-state index contributed by atoms with van der Waals surface area (Å²) in [5.74, 6) is 1.44. The molecule has 0 saturated carbocycles. The van der Waals surface area contributed by atoms with E-state index >= 15 is 0 Å². The van der Waals surface area contributed by atoms with E-state index in [-0.39, 0.29) is 0 Å². The van der Waals surface area contributed by atoms with Crippen molar-refractivity contribution in [1.29, 1.82) is 0 Å². The molecule has 3 rings (SSSR count). The highest BCUT2D eigenvalue weighted by molar-refractivity contribution is 9.10. The largest absolute Gasteiger partial charge is 0.490 e. The number of nitrogens with zero attached hydrogens (tertiary/aromatic N) is 1. The smallest absolute Gasteiger partial charge is 0.161 e. The molecule has 0 unspecified atom stereocenters. The topological polar surface area (TPSA) is 42.8 Å². The minimum absolute atomic E-state index is 0.486. The van der Waals surface area contributed by atoms with E-state index in [4.69, 9.17) is 9.47 Å². The van der Waals surface area contributed by atoms with Gasteiger partial charge in [-0.25, -0.2) is 0 Å². The van der Waals surface area contributed by atoms with E-state index in [9.17, 15) is 0 Å². The molecule has 0 heterocycles. The van der Waals surface area contributed by atoms with Gasteiger partial charge in [0.1, 0.15) is 6.61 Å². The Morgan fingerprint density at radius 3 is 2.43 bits per heavy atom. The first-order valence-electron chi connectivity index (χ1n) is 9.18. The lowest BCUT2D eigenvalue weighted by atomic mass is 10.2. The van der Waals surface area contributed by atoms with Gasteiger partial charge in [-0.2, -0.15) is 5.10 Å². The van der Waals surface area contributed by atoms with Crippen LogP contribution in [0.2, 0.25) is 0 Å². The Balaban J connectivity index is 1.61. The van der Waals surface area contributed by atoms with E-state index in [1.807, 2.05) is 67.6 Å². The van der Waals surface area contributed by atoms with Gasteiger partial charge in [-0.05, 0) is 53.9 Å². The quantitative estimate of drug-likeness (QED) is 0.351. The lowest BCUT2D eigenvalue weighted by Crippen LogP contribution is -2.05. The first kappa shape index (κ1) is 20.0. The fraction of sp³-hybridized carbons (Fsp3) is 0.174. The molecular weight excluding hydrogens is 416 g/mol. The average molecular weight is 439 g/mol. The number of hydrogen-bond acceptors (Lipinski definition) is 4. The molecule has 28 heavy (non-hydrogen) atoms. The van der Waals surface area contributed by atoms with Crippen LogP contribution in [-0.2, 0) is 13.2 Å². The molecule has 0 fully saturated rings. The molecule has 3 aromatic rings. The molecular formula is C23H23BrN2O2. The number of halogens is 1. The summed E-state index contributed by atoms with van der Waals surface area (Å²) in [6, 6.07) is 24.1. The molecule has 0 atom stereocenters. The van der Waals surface area contributed by atoms with E-state index in [1.165, 1.54) is 5.56 Å². The van der Waals surface area contributed by atoms with Gasteiger partial charge in [0.25, 0.3) is 0 Å². The minimum atomic E-state index is 0.486. The van der Waals surface area contributed by atoms with Gasteiger partial charge in [0, 0.05) is 4.47 Å². The third-order valence-electron chi connectivity index (χ3n) is 4.01. The van der Waals surface area contributed by atoms with E-state index in [0.717, 1.165) is 21.3 Å². The third-order valence-corrected chi connectivity index (χ3v) is 4.53. The van der Waals surface area contributed by atoms with Crippen LogP contribution in [0, 0.1) is 0 Å². The lowest BCUT2D eigenvalue weighted by Gasteiger charge is -2.12. The van der Waals surface area contributed by atoms with Crippen molar-refractivity contribution < 1.29 is 9.47 Å². The molecule has 4 nitrogen and oxygen atoms in total.